The number of hydrogen-bond acceptors (Lipinski definition) is 2. The molecule has 1 aromatic carbocycles. The van der Waals surface area contributed by atoms with Crippen molar-refractivity contribution in [1.82, 2.24) is 0 Å². The molecule has 0 radical (unpaired) electrons. The quantitative estimate of drug-likeness (QED) is 0.747. The van der Waals surface area contributed by atoms with Gasteiger partial charge in [0.05, 0.1) is 0 Å². The third kappa shape index (κ3) is 1.98. The standard InChI is InChI=1S/C13H13ClO2/c1-2-3-6-10-9-7-4-5-8-11(9)16-12(10)13(14)15/h4-5,7-8H,2-3,6H2,1H3. The number of fused-ring (bicyclic) bond motifs is 1. The van der Waals surface area contributed by atoms with Gasteiger partial charge in [-0.2, -0.15) is 0 Å². The average Bonchev–Trinajstić information content (AvgIpc) is 2.65. The molecule has 16 heavy (non-hydrogen) atoms. The number of unbranched alkanes of at least 4 members (excludes halogenated alkanes) is 1. The van der Waals surface area contributed by atoms with Gasteiger partial charge in [0.15, 0.2) is 5.76 Å². The molecule has 0 amide bonds. The maximum absolute atomic E-state index is 11.3. The third-order valence-electron chi connectivity index (χ3n) is 2.66. The molecule has 0 fully saturated rings. The molecule has 84 valence electrons. The van der Waals surface area contributed by atoms with Gasteiger partial charge in [-0.05, 0) is 30.5 Å². The van der Waals surface area contributed by atoms with Crippen LogP contribution in [0.2, 0.25) is 0 Å². The van der Waals surface area contributed by atoms with Gasteiger partial charge in [-0.25, -0.2) is 0 Å². The van der Waals surface area contributed by atoms with E-state index in [1.54, 1.807) is 0 Å². The van der Waals surface area contributed by atoms with E-state index >= 15 is 0 Å². The van der Waals surface area contributed by atoms with Gasteiger partial charge in [-0.1, -0.05) is 31.5 Å². The highest BCUT2D eigenvalue weighted by Gasteiger charge is 2.17. The first-order valence-electron chi connectivity index (χ1n) is 5.44. The molecule has 0 saturated carbocycles. The van der Waals surface area contributed by atoms with E-state index in [0.29, 0.717) is 5.76 Å². The second kappa shape index (κ2) is 4.71. The Bertz CT molecular complexity index is 514. The summed E-state index contributed by atoms with van der Waals surface area (Å²) in [6, 6.07) is 7.65. The SMILES string of the molecule is CCCCc1c(C(=O)Cl)oc2ccccc12. The van der Waals surface area contributed by atoms with Crippen molar-refractivity contribution in [2.45, 2.75) is 26.2 Å². The van der Waals surface area contributed by atoms with Crippen molar-refractivity contribution in [3.8, 4) is 0 Å². The number of rotatable bonds is 4. The average molecular weight is 237 g/mol. The fourth-order valence-corrected chi connectivity index (χ4v) is 2.01. The zero-order valence-electron chi connectivity index (χ0n) is 9.13. The minimum absolute atomic E-state index is 0.302. The molecule has 0 atom stereocenters. The molecule has 0 N–H and O–H groups in total. The summed E-state index contributed by atoms with van der Waals surface area (Å²) >= 11 is 5.53. The largest absolute Gasteiger partial charge is 0.451 e. The summed E-state index contributed by atoms with van der Waals surface area (Å²) in [5.74, 6) is 0.302. The molecule has 2 rings (SSSR count). The number of halogens is 1. The lowest BCUT2D eigenvalue weighted by Gasteiger charge is -1.97. The lowest BCUT2D eigenvalue weighted by molar-refractivity contribution is 0.105. The van der Waals surface area contributed by atoms with Gasteiger partial charge in [0.1, 0.15) is 5.58 Å². The number of hydrogen-bond donors (Lipinski definition) is 0. The van der Waals surface area contributed by atoms with Crippen LogP contribution in [0.1, 0.15) is 35.9 Å². The van der Waals surface area contributed by atoms with Gasteiger partial charge in [0, 0.05) is 10.9 Å². The Balaban J connectivity index is 2.55. The first-order chi connectivity index (χ1) is 7.74. The molecule has 0 saturated heterocycles. The summed E-state index contributed by atoms with van der Waals surface area (Å²) in [4.78, 5) is 11.3. The van der Waals surface area contributed by atoms with E-state index in [2.05, 4.69) is 6.92 Å². The molecule has 0 aliphatic rings. The molecule has 0 bridgehead atoms. The zero-order valence-corrected chi connectivity index (χ0v) is 9.88. The van der Waals surface area contributed by atoms with E-state index in [1.807, 2.05) is 24.3 Å². The minimum atomic E-state index is -0.512. The summed E-state index contributed by atoms with van der Waals surface area (Å²) in [6.45, 7) is 2.12. The summed E-state index contributed by atoms with van der Waals surface area (Å²) in [6.07, 6.45) is 2.94. The number of furan rings is 1. The highest BCUT2D eigenvalue weighted by molar-refractivity contribution is 6.67. The maximum Gasteiger partial charge on any atom is 0.288 e. The van der Waals surface area contributed by atoms with E-state index in [1.165, 1.54) is 0 Å². The Morgan fingerprint density at radius 2 is 2.12 bits per heavy atom. The summed E-state index contributed by atoms with van der Waals surface area (Å²) in [5, 5.41) is 0.488. The monoisotopic (exact) mass is 236 g/mol. The van der Waals surface area contributed by atoms with Gasteiger partial charge in [-0.3, -0.25) is 4.79 Å². The highest BCUT2D eigenvalue weighted by atomic mass is 35.5. The van der Waals surface area contributed by atoms with Crippen LogP contribution in [-0.2, 0) is 6.42 Å². The third-order valence-corrected chi connectivity index (χ3v) is 2.83. The fraction of sp³-hybridized carbons (Fsp3) is 0.308. The van der Waals surface area contributed by atoms with Gasteiger partial charge >= 0.3 is 0 Å². The molecule has 0 aliphatic carbocycles. The van der Waals surface area contributed by atoms with Gasteiger partial charge in [-0.15, -0.1) is 0 Å². The number of benzene rings is 1. The van der Waals surface area contributed by atoms with Crippen LogP contribution in [0.25, 0.3) is 11.0 Å². The molecular weight excluding hydrogens is 224 g/mol. The van der Waals surface area contributed by atoms with E-state index < -0.39 is 5.24 Å². The van der Waals surface area contributed by atoms with Crippen molar-refractivity contribution in [1.29, 1.82) is 0 Å². The molecule has 2 aromatic rings. The lowest BCUT2D eigenvalue weighted by atomic mass is 10.0. The Morgan fingerprint density at radius 1 is 1.38 bits per heavy atom. The van der Waals surface area contributed by atoms with E-state index in [0.717, 1.165) is 35.8 Å². The summed E-state index contributed by atoms with van der Waals surface area (Å²) < 4.78 is 5.48. The first-order valence-corrected chi connectivity index (χ1v) is 5.82. The zero-order chi connectivity index (χ0) is 11.5. The summed E-state index contributed by atoms with van der Waals surface area (Å²) in [7, 11) is 0. The normalized spacial score (nSPS) is 10.9. The van der Waals surface area contributed by atoms with Crippen LogP contribution in [0.4, 0.5) is 0 Å². The van der Waals surface area contributed by atoms with Crippen LogP contribution in [-0.4, -0.2) is 5.24 Å². The molecule has 2 nitrogen and oxygen atoms in total. The smallest absolute Gasteiger partial charge is 0.288 e. The van der Waals surface area contributed by atoms with Gasteiger partial charge < -0.3 is 4.42 Å². The molecule has 0 spiro atoms. The van der Waals surface area contributed by atoms with E-state index in [4.69, 9.17) is 16.0 Å². The predicted molar refractivity (Wildman–Crippen MR) is 65.0 cm³/mol. The number of aryl methyl sites for hydroxylation is 1. The van der Waals surface area contributed by atoms with Crippen molar-refractivity contribution >= 4 is 27.8 Å². The van der Waals surface area contributed by atoms with Crippen LogP contribution in [0.15, 0.2) is 28.7 Å². The molecule has 1 aromatic heterocycles. The maximum atomic E-state index is 11.3. The van der Waals surface area contributed by atoms with Crippen LogP contribution >= 0.6 is 11.6 Å². The van der Waals surface area contributed by atoms with Crippen molar-refractivity contribution in [3.05, 3.63) is 35.6 Å². The van der Waals surface area contributed by atoms with Crippen molar-refractivity contribution < 1.29 is 9.21 Å². The van der Waals surface area contributed by atoms with Crippen molar-refractivity contribution in [2.24, 2.45) is 0 Å². The lowest BCUT2D eigenvalue weighted by Crippen LogP contribution is -1.93. The van der Waals surface area contributed by atoms with E-state index in [9.17, 15) is 4.79 Å². The number of carbonyl (C=O) groups is 1. The van der Waals surface area contributed by atoms with Gasteiger partial charge in [0.2, 0.25) is 0 Å². The Morgan fingerprint density at radius 3 is 2.81 bits per heavy atom. The number of para-hydroxylation sites is 1. The predicted octanol–water partition coefficient (Wildman–Crippen LogP) is 4.15. The second-order valence-corrected chi connectivity index (χ2v) is 4.13. The summed E-state index contributed by atoms with van der Waals surface area (Å²) in [5.41, 5.74) is 1.68. The Hall–Kier alpha value is -1.28. The van der Waals surface area contributed by atoms with Crippen LogP contribution in [0, 0.1) is 0 Å². The molecule has 0 aliphatic heterocycles. The molecular formula is C13H13ClO2. The fourth-order valence-electron chi connectivity index (χ4n) is 1.86. The second-order valence-electron chi connectivity index (χ2n) is 3.78. The van der Waals surface area contributed by atoms with Gasteiger partial charge in [0.25, 0.3) is 5.24 Å². The Labute approximate surface area is 99.2 Å². The molecule has 1 heterocycles. The van der Waals surface area contributed by atoms with Crippen LogP contribution in [0.3, 0.4) is 0 Å². The van der Waals surface area contributed by atoms with Crippen molar-refractivity contribution in [3.63, 3.8) is 0 Å². The van der Waals surface area contributed by atoms with E-state index in [-0.39, 0.29) is 0 Å². The molecule has 3 heteroatoms. The first kappa shape index (κ1) is 11.2. The van der Waals surface area contributed by atoms with Crippen LogP contribution < -0.4 is 0 Å². The highest BCUT2D eigenvalue weighted by Crippen LogP contribution is 2.28. The topological polar surface area (TPSA) is 30.2 Å². The minimum Gasteiger partial charge on any atom is -0.451 e. The number of carbonyl (C=O) groups excluding carboxylic acids is 1. The Kier molecular flexibility index (Phi) is 3.30. The van der Waals surface area contributed by atoms with Crippen molar-refractivity contribution in [2.75, 3.05) is 0 Å². The molecule has 0 unspecified atom stereocenters. The van der Waals surface area contributed by atoms with Crippen LogP contribution in [0.5, 0.6) is 0 Å².